The molecule has 0 spiro atoms. The number of carbonyl (C=O) groups is 1. The molecule has 1 aliphatic rings. The van der Waals surface area contributed by atoms with E-state index < -0.39 is 0 Å². The molecule has 1 fully saturated rings. The summed E-state index contributed by atoms with van der Waals surface area (Å²) in [6.45, 7) is 3.24. The molecule has 1 saturated carbocycles. The van der Waals surface area contributed by atoms with Crippen LogP contribution in [0.1, 0.15) is 43.0 Å². The molecule has 4 nitrogen and oxygen atoms in total. The third-order valence-electron chi connectivity index (χ3n) is 4.14. The Balaban J connectivity index is 2.04. The van der Waals surface area contributed by atoms with Gasteiger partial charge in [-0.1, -0.05) is 19.8 Å². The predicted molar refractivity (Wildman–Crippen MR) is 83.9 cm³/mol. The fourth-order valence-corrected chi connectivity index (χ4v) is 3.04. The lowest BCUT2D eigenvalue weighted by molar-refractivity contribution is 0.0964. The third-order valence-corrected chi connectivity index (χ3v) is 4.14. The summed E-state index contributed by atoms with van der Waals surface area (Å²) in [5.74, 6) is 1.43. The minimum atomic E-state index is -0.0792. The number of hydrogen-bond donors (Lipinski definition) is 3. The number of benzene rings is 1. The molecule has 2 rings (SSSR count). The highest BCUT2D eigenvalue weighted by atomic mass is 16.1. The van der Waals surface area contributed by atoms with E-state index in [1.54, 1.807) is 19.2 Å². The quantitative estimate of drug-likeness (QED) is 0.740. The number of nitrogens with two attached hydrogens (primary N) is 1. The van der Waals surface area contributed by atoms with E-state index in [1.807, 2.05) is 6.07 Å². The minimum absolute atomic E-state index is 0.0792. The molecule has 0 aromatic heterocycles. The second kappa shape index (κ2) is 6.64. The van der Waals surface area contributed by atoms with E-state index in [0.717, 1.165) is 18.2 Å². The summed E-state index contributed by atoms with van der Waals surface area (Å²) in [4.78, 5) is 11.9. The zero-order valence-corrected chi connectivity index (χ0v) is 12.4. The van der Waals surface area contributed by atoms with Crippen LogP contribution in [-0.4, -0.2) is 19.5 Å². The largest absolute Gasteiger partial charge is 0.399 e. The van der Waals surface area contributed by atoms with Crippen LogP contribution < -0.4 is 16.4 Å². The predicted octanol–water partition coefficient (Wildman–Crippen LogP) is 2.87. The molecule has 1 amide bonds. The maximum atomic E-state index is 11.9. The first-order valence-corrected chi connectivity index (χ1v) is 7.45. The van der Waals surface area contributed by atoms with Crippen molar-refractivity contribution in [3.05, 3.63) is 23.8 Å². The van der Waals surface area contributed by atoms with Gasteiger partial charge in [-0.3, -0.25) is 4.79 Å². The topological polar surface area (TPSA) is 67.2 Å². The molecule has 20 heavy (non-hydrogen) atoms. The summed E-state index contributed by atoms with van der Waals surface area (Å²) in [5, 5.41) is 6.09. The molecule has 4 N–H and O–H groups in total. The second-order valence-electron chi connectivity index (χ2n) is 5.90. The van der Waals surface area contributed by atoms with Crippen LogP contribution in [0.5, 0.6) is 0 Å². The molecule has 1 aromatic rings. The molecule has 1 aliphatic carbocycles. The molecule has 0 aliphatic heterocycles. The monoisotopic (exact) mass is 275 g/mol. The fourth-order valence-electron chi connectivity index (χ4n) is 3.04. The van der Waals surface area contributed by atoms with Crippen molar-refractivity contribution < 1.29 is 4.79 Å². The Morgan fingerprint density at radius 1 is 1.40 bits per heavy atom. The molecule has 0 radical (unpaired) electrons. The normalized spacial score (nSPS) is 22.3. The van der Waals surface area contributed by atoms with Crippen molar-refractivity contribution in [2.75, 3.05) is 24.6 Å². The highest BCUT2D eigenvalue weighted by molar-refractivity contribution is 6.00. The Morgan fingerprint density at radius 2 is 2.20 bits per heavy atom. The molecule has 0 bridgehead atoms. The van der Waals surface area contributed by atoms with Crippen LogP contribution in [0.2, 0.25) is 0 Å². The van der Waals surface area contributed by atoms with Gasteiger partial charge < -0.3 is 16.4 Å². The van der Waals surface area contributed by atoms with Crippen molar-refractivity contribution in [2.45, 2.75) is 32.6 Å². The first-order chi connectivity index (χ1) is 9.60. The molecule has 2 atom stereocenters. The maximum Gasteiger partial charge on any atom is 0.253 e. The van der Waals surface area contributed by atoms with Gasteiger partial charge in [0, 0.05) is 25.0 Å². The van der Waals surface area contributed by atoms with Gasteiger partial charge in [-0.25, -0.2) is 0 Å². The van der Waals surface area contributed by atoms with Crippen LogP contribution in [0.25, 0.3) is 0 Å². The third kappa shape index (κ3) is 3.65. The summed E-state index contributed by atoms with van der Waals surface area (Å²) in [5.41, 5.74) is 8.00. The van der Waals surface area contributed by atoms with Gasteiger partial charge in [-0.15, -0.1) is 0 Å². The van der Waals surface area contributed by atoms with Gasteiger partial charge >= 0.3 is 0 Å². The van der Waals surface area contributed by atoms with Crippen LogP contribution in [0.15, 0.2) is 18.2 Å². The molecular formula is C16H25N3O. The second-order valence-corrected chi connectivity index (χ2v) is 5.90. The highest BCUT2D eigenvalue weighted by Crippen LogP contribution is 2.29. The Morgan fingerprint density at radius 3 is 2.90 bits per heavy atom. The zero-order valence-electron chi connectivity index (χ0n) is 12.4. The van der Waals surface area contributed by atoms with Gasteiger partial charge in [0.1, 0.15) is 0 Å². The van der Waals surface area contributed by atoms with Crippen LogP contribution in [-0.2, 0) is 0 Å². The van der Waals surface area contributed by atoms with Gasteiger partial charge in [0.2, 0.25) is 0 Å². The first kappa shape index (κ1) is 14.7. The molecule has 0 heterocycles. The van der Waals surface area contributed by atoms with E-state index in [1.165, 1.54) is 25.7 Å². The number of nitrogens with one attached hydrogen (secondary N) is 2. The van der Waals surface area contributed by atoms with Crippen molar-refractivity contribution >= 4 is 17.3 Å². The lowest BCUT2D eigenvalue weighted by atomic mass is 9.82. The number of amides is 1. The van der Waals surface area contributed by atoms with Gasteiger partial charge in [-0.2, -0.15) is 0 Å². The van der Waals surface area contributed by atoms with E-state index in [0.29, 0.717) is 17.2 Å². The lowest BCUT2D eigenvalue weighted by Crippen LogP contribution is -2.24. The number of nitrogen functional groups attached to an aromatic ring is 1. The van der Waals surface area contributed by atoms with Crippen molar-refractivity contribution in [3.63, 3.8) is 0 Å². The fraction of sp³-hybridized carbons (Fsp3) is 0.562. The Bertz CT molecular complexity index is 473. The Labute approximate surface area is 121 Å². The average Bonchev–Trinajstić information content (AvgIpc) is 2.44. The lowest BCUT2D eigenvalue weighted by Gasteiger charge is -2.27. The van der Waals surface area contributed by atoms with E-state index in [2.05, 4.69) is 17.6 Å². The van der Waals surface area contributed by atoms with E-state index in [4.69, 9.17) is 5.73 Å². The molecule has 2 unspecified atom stereocenters. The summed E-state index contributed by atoms with van der Waals surface area (Å²) in [6, 6.07) is 5.38. The standard InChI is InChI=1S/C16H25N3O/c1-11-4-3-5-12(8-11)10-19-15-9-13(17)6-7-14(15)16(20)18-2/h6-7,9,11-12,19H,3-5,8,10,17H2,1-2H3,(H,18,20). The number of anilines is 2. The van der Waals surface area contributed by atoms with Crippen molar-refractivity contribution in [1.29, 1.82) is 0 Å². The Kier molecular flexibility index (Phi) is 4.88. The van der Waals surface area contributed by atoms with Gasteiger partial charge in [0.15, 0.2) is 0 Å². The molecular weight excluding hydrogens is 250 g/mol. The number of rotatable bonds is 4. The van der Waals surface area contributed by atoms with Gasteiger partial charge in [0.25, 0.3) is 5.91 Å². The van der Waals surface area contributed by atoms with Crippen LogP contribution in [0.4, 0.5) is 11.4 Å². The maximum absolute atomic E-state index is 11.9. The number of carbonyl (C=O) groups excluding carboxylic acids is 1. The summed E-state index contributed by atoms with van der Waals surface area (Å²) in [7, 11) is 1.64. The van der Waals surface area contributed by atoms with Crippen molar-refractivity contribution in [3.8, 4) is 0 Å². The SMILES string of the molecule is CNC(=O)c1ccc(N)cc1NCC1CCCC(C)C1. The average molecular weight is 275 g/mol. The van der Waals surface area contributed by atoms with Crippen LogP contribution in [0.3, 0.4) is 0 Å². The molecule has 110 valence electrons. The van der Waals surface area contributed by atoms with E-state index in [9.17, 15) is 4.79 Å². The summed E-state index contributed by atoms with van der Waals surface area (Å²) >= 11 is 0. The summed E-state index contributed by atoms with van der Waals surface area (Å²) in [6.07, 6.45) is 5.20. The molecule has 0 saturated heterocycles. The van der Waals surface area contributed by atoms with Crippen molar-refractivity contribution in [2.24, 2.45) is 11.8 Å². The van der Waals surface area contributed by atoms with Crippen LogP contribution in [0, 0.1) is 11.8 Å². The van der Waals surface area contributed by atoms with Crippen LogP contribution >= 0.6 is 0 Å². The zero-order chi connectivity index (χ0) is 14.5. The molecule has 1 aromatic carbocycles. The van der Waals surface area contributed by atoms with Gasteiger partial charge in [0.05, 0.1) is 5.56 Å². The van der Waals surface area contributed by atoms with E-state index >= 15 is 0 Å². The number of hydrogen-bond acceptors (Lipinski definition) is 3. The Hall–Kier alpha value is -1.71. The van der Waals surface area contributed by atoms with Crippen molar-refractivity contribution in [1.82, 2.24) is 5.32 Å². The molecule has 4 heteroatoms. The first-order valence-electron chi connectivity index (χ1n) is 7.45. The highest BCUT2D eigenvalue weighted by Gasteiger charge is 2.19. The minimum Gasteiger partial charge on any atom is -0.399 e. The summed E-state index contributed by atoms with van der Waals surface area (Å²) < 4.78 is 0. The smallest absolute Gasteiger partial charge is 0.253 e. The van der Waals surface area contributed by atoms with E-state index in [-0.39, 0.29) is 5.91 Å². The van der Waals surface area contributed by atoms with Gasteiger partial charge in [-0.05, 0) is 42.9 Å².